The largest absolute Gasteiger partial charge is 0.387 e. The SMILES string of the molecule is Cc1cccc(C(O)CNC(=O)[C@@H]2CC(C)CC[C@H]2C(C)C)c1. The maximum Gasteiger partial charge on any atom is 0.223 e. The molecule has 0 radical (unpaired) electrons. The molecule has 0 bridgehead atoms. The van der Waals surface area contributed by atoms with E-state index in [0.717, 1.165) is 24.0 Å². The summed E-state index contributed by atoms with van der Waals surface area (Å²) in [5.74, 6) is 1.80. The Hall–Kier alpha value is -1.35. The zero-order valence-electron chi connectivity index (χ0n) is 14.9. The molecule has 1 aromatic rings. The first-order valence-corrected chi connectivity index (χ1v) is 8.90. The van der Waals surface area contributed by atoms with Gasteiger partial charge in [0.15, 0.2) is 0 Å². The van der Waals surface area contributed by atoms with Gasteiger partial charge in [0, 0.05) is 12.5 Å². The molecule has 2 N–H and O–H groups in total. The predicted molar refractivity (Wildman–Crippen MR) is 94.0 cm³/mol. The van der Waals surface area contributed by atoms with E-state index in [4.69, 9.17) is 0 Å². The zero-order chi connectivity index (χ0) is 17.0. The molecule has 3 nitrogen and oxygen atoms in total. The molecule has 0 spiro atoms. The van der Waals surface area contributed by atoms with Gasteiger partial charge in [-0.3, -0.25) is 4.79 Å². The van der Waals surface area contributed by atoms with E-state index in [-0.39, 0.29) is 18.4 Å². The van der Waals surface area contributed by atoms with Crippen molar-refractivity contribution < 1.29 is 9.90 Å². The lowest BCUT2D eigenvalue weighted by Gasteiger charge is -2.36. The molecule has 1 saturated carbocycles. The summed E-state index contributed by atoms with van der Waals surface area (Å²) in [6, 6.07) is 7.82. The smallest absolute Gasteiger partial charge is 0.223 e. The zero-order valence-corrected chi connectivity index (χ0v) is 14.9. The second-order valence-corrected chi connectivity index (χ2v) is 7.61. The van der Waals surface area contributed by atoms with Crippen LogP contribution in [0.5, 0.6) is 0 Å². The van der Waals surface area contributed by atoms with Gasteiger partial charge in [-0.05, 0) is 43.1 Å². The van der Waals surface area contributed by atoms with E-state index in [1.54, 1.807) is 0 Å². The average Bonchev–Trinajstić information content (AvgIpc) is 2.51. The normalized spacial score (nSPS) is 26.1. The molecule has 23 heavy (non-hydrogen) atoms. The third-order valence-corrected chi connectivity index (χ3v) is 5.26. The second kappa shape index (κ2) is 7.96. The number of amides is 1. The molecule has 0 saturated heterocycles. The fourth-order valence-corrected chi connectivity index (χ4v) is 3.83. The first kappa shape index (κ1) is 18.0. The highest BCUT2D eigenvalue weighted by atomic mass is 16.3. The minimum Gasteiger partial charge on any atom is -0.387 e. The summed E-state index contributed by atoms with van der Waals surface area (Å²) in [5.41, 5.74) is 1.98. The van der Waals surface area contributed by atoms with Crippen molar-refractivity contribution in [2.24, 2.45) is 23.7 Å². The van der Waals surface area contributed by atoms with Gasteiger partial charge in [-0.25, -0.2) is 0 Å². The van der Waals surface area contributed by atoms with E-state index in [2.05, 4.69) is 26.1 Å². The van der Waals surface area contributed by atoms with Gasteiger partial charge in [-0.2, -0.15) is 0 Å². The molecule has 1 amide bonds. The van der Waals surface area contributed by atoms with Crippen molar-refractivity contribution in [1.29, 1.82) is 0 Å². The van der Waals surface area contributed by atoms with Crippen LogP contribution in [0.15, 0.2) is 24.3 Å². The highest BCUT2D eigenvalue weighted by Gasteiger charge is 2.35. The number of aliphatic hydroxyl groups excluding tert-OH is 1. The topological polar surface area (TPSA) is 49.3 Å². The van der Waals surface area contributed by atoms with Gasteiger partial charge in [0.1, 0.15) is 0 Å². The molecule has 1 aromatic carbocycles. The van der Waals surface area contributed by atoms with Crippen LogP contribution >= 0.6 is 0 Å². The van der Waals surface area contributed by atoms with Crippen LogP contribution in [0.2, 0.25) is 0 Å². The summed E-state index contributed by atoms with van der Waals surface area (Å²) >= 11 is 0. The van der Waals surface area contributed by atoms with Crippen molar-refractivity contribution in [2.75, 3.05) is 6.54 Å². The Morgan fingerprint density at radius 1 is 1.35 bits per heavy atom. The molecule has 3 heteroatoms. The van der Waals surface area contributed by atoms with Crippen LogP contribution in [0.3, 0.4) is 0 Å². The quantitative estimate of drug-likeness (QED) is 0.866. The van der Waals surface area contributed by atoms with E-state index in [0.29, 0.717) is 17.8 Å². The number of hydrogen-bond donors (Lipinski definition) is 2. The average molecular weight is 317 g/mol. The Kier molecular flexibility index (Phi) is 6.23. The molecule has 1 aliphatic carbocycles. The second-order valence-electron chi connectivity index (χ2n) is 7.61. The van der Waals surface area contributed by atoms with Gasteiger partial charge in [0.2, 0.25) is 5.91 Å². The number of benzene rings is 1. The molecule has 2 rings (SSSR count). The van der Waals surface area contributed by atoms with E-state index < -0.39 is 6.10 Å². The summed E-state index contributed by atoms with van der Waals surface area (Å²) in [6.07, 6.45) is 2.68. The summed E-state index contributed by atoms with van der Waals surface area (Å²) in [6.45, 7) is 8.95. The molecular weight excluding hydrogens is 286 g/mol. The Morgan fingerprint density at radius 2 is 2.09 bits per heavy atom. The molecule has 128 valence electrons. The monoisotopic (exact) mass is 317 g/mol. The lowest BCUT2D eigenvalue weighted by Crippen LogP contribution is -2.41. The molecule has 4 atom stereocenters. The van der Waals surface area contributed by atoms with Crippen LogP contribution in [0, 0.1) is 30.6 Å². The van der Waals surface area contributed by atoms with E-state index in [9.17, 15) is 9.90 Å². The van der Waals surface area contributed by atoms with Crippen molar-refractivity contribution in [3.05, 3.63) is 35.4 Å². The van der Waals surface area contributed by atoms with Gasteiger partial charge < -0.3 is 10.4 Å². The molecular formula is C20H31NO2. The van der Waals surface area contributed by atoms with E-state index >= 15 is 0 Å². The van der Waals surface area contributed by atoms with Crippen LogP contribution in [0.25, 0.3) is 0 Å². The number of aryl methyl sites for hydroxylation is 1. The molecule has 0 aliphatic heterocycles. The third-order valence-electron chi connectivity index (χ3n) is 5.26. The lowest BCUT2D eigenvalue weighted by molar-refractivity contribution is -0.129. The fourth-order valence-electron chi connectivity index (χ4n) is 3.83. The Labute approximate surface area is 140 Å². The first-order chi connectivity index (χ1) is 10.9. The Balaban J connectivity index is 1.94. The van der Waals surface area contributed by atoms with Gasteiger partial charge in [0.25, 0.3) is 0 Å². The van der Waals surface area contributed by atoms with Crippen molar-refractivity contribution >= 4 is 5.91 Å². The van der Waals surface area contributed by atoms with Gasteiger partial charge in [0.05, 0.1) is 6.10 Å². The number of nitrogens with one attached hydrogen (secondary N) is 1. The number of aliphatic hydroxyl groups is 1. The van der Waals surface area contributed by atoms with Crippen LogP contribution < -0.4 is 5.32 Å². The number of hydrogen-bond acceptors (Lipinski definition) is 2. The fraction of sp³-hybridized carbons (Fsp3) is 0.650. The number of carbonyl (C=O) groups excluding carboxylic acids is 1. The standard InChI is InChI=1S/C20H31NO2/c1-13(2)17-9-8-15(4)11-18(17)20(23)21-12-19(22)16-7-5-6-14(3)10-16/h5-7,10,13,15,17-19,22H,8-9,11-12H2,1-4H3,(H,21,23)/t15?,17-,18+,19?/m0/s1. The van der Waals surface area contributed by atoms with Crippen LogP contribution in [-0.2, 0) is 4.79 Å². The summed E-state index contributed by atoms with van der Waals surface area (Å²) < 4.78 is 0. The Morgan fingerprint density at radius 3 is 2.74 bits per heavy atom. The summed E-state index contributed by atoms with van der Waals surface area (Å²) in [7, 11) is 0. The summed E-state index contributed by atoms with van der Waals surface area (Å²) in [5, 5.41) is 13.3. The van der Waals surface area contributed by atoms with Crippen molar-refractivity contribution in [3.63, 3.8) is 0 Å². The predicted octanol–water partition coefficient (Wildman–Crippen LogP) is 3.85. The Bertz CT molecular complexity index is 526. The maximum absolute atomic E-state index is 12.6. The number of carbonyl (C=O) groups is 1. The highest BCUT2D eigenvalue weighted by Crippen LogP contribution is 2.38. The van der Waals surface area contributed by atoms with Crippen molar-refractivity contribution in [3.8, 4) is 0 Å². The molecule has 0 heterocycles. The lowest BCUT2D eigenvalue weighted by atomic mass is 9.70. The van der Waals surface area contributed by atoms with E-state index in [1.807, 2.05) is 31.2 Å². The molecule has 0 aromatic heterocycles. The van der Waals surface area contributed by atoms with Crippen LogP contribution in [-0.4, -0.2) is 17.6 Å². The number of rotatable bonds is 5. The van der Waals surface area contributed by atoms with Gasteiger partial charge in [-0.15, -0.1) is 0 Å². The van der Waals surface area contributed by atoms with Crippen molar-refractivity contribution in [2.45, 2.75) is 53.1 Å². The molecule has 1 fully saturated rings. The van der Waals surface area contributed by atoms with Gasteiger partial charge in [-0.1, -0.05) is 57.0 Å². The van der Waals surface area contributed by atoms with Crippen LogP contribution in [0.4, 0.5) is 0 Å². The molecule has 1 aliphatic rings. The maximum atomic E-state index is 12.6. The minimum atomic E-state index is -0.641. The highest BCUT2D eigenvalue weighted by molar-refractivity contribution is 5.79. The van der Waals surface area contributed by atoms with E-state index in [1.165, 1.54) is 6.42 Å². The van der Waals surface area contributed by atoms with Crippen molar-refractivity contribution in [1.82, 2.24) is 5.32 Å². The molecule has 2 unspecified atom stereocenters. The minimum absolute atomic E-state index is 0.0865. The summed E-state index contributed by atoms with van der Waals surface area (Å²) in [4.78, 5) is 12.6. The van der Waals surface area contributed by atoms with Crippen LogP contribution in [0.1, 0.15) is 57.3 Å². The third kappa shape index (κ3) is 4.81. The first-order valence-electron chi connectivity index (χ1n) is 8.90. The van der Waals surface area contributed by atoms with Gasteiger partial charge >= 0.3 is 0 Å².